The van der Waals surface area contributed by atoms with Crippen LogP contribution in [0.15, 0.2) is 206 Å². The van der Waals surface area contributed by atoms with E-state index >= 15 is 0 Å². The summed E-state index contributed by atoms with van der Waals surface area (Å²) in [5.74, 6) is 0. The van der Waals surface area contributed by atoms with E-state index in [1.807, 2.05) is 0 Å². The van der Waals surface area contributed by atoms with Gasteiger partial charge < -0.3 is 9.80 Å². The quantitative estimate of drug-likeness (QED) is 0.150. The van der Waals surface area contributed by atoms with E-state index in [-0.39, 0.29) is 27.1 Å². The van der Waals surface area contributed by atoms with Crippen molar-refractivity contribution in [2.75, 3.05) is 9.80 Å². The normalized spacial score (nSPS) is 14.4. The standard InChI is InChI=1S/C74H76N2/c1-69(2,3)49-29-37-55(38-30-49)75(56-39-31-50(32-40-56)70(4,5)6)59-45-46-61-63(47-59)74(53-23-17-15-18-24-53,54-25-19-16-20-26-54)64-48-65(67-60-27-21-22-28-62(60)73(13,14)68(67)66(61)64)76(57-41-33-51(34-42-57)71(7,8)9)58-43-35-52(36-44-58)72(10,11)12/h15-48H,1-14H3. The SMILES string of the molecule is CC(C)(C)c1ccc(N(c2ccc(C(C)(C)C)cc2)c2ccc3c(c2)C(c2ccccc2)(c2ccccc2)c2cc(N(c4ccc(C(C)(C)C)cc4)c4ccc(C(C)(C)C)cc4)c4c(c2-3)C(C)(C)c2ccccc2-4)cc1. The summed E-state index contributed by atoms with van der Waals surface area (Å²) in [7, 11) is 0. The second-order valence-corrected chi connectivity index (χ2v) is 26.3. The molecule has 0 fully saturated rings. The first-order chi connectivity index (χ1) is 36.0. The van der Waals surface area contributed by atoms with Gasteiger partial charge in [-0.3, -0.25) is 0 Å². The molecular weight excluding hydrogens is 917 g/mol. The average molecular weight is 993 g/mol. The molecule has 0 saturated carbocycles. The van der Waals surface area contributed by atoms with Gasteiger partial charge in [0, 0.05) is 39.4 Å². The lowest BCUT2D eigenvalue weighted by Crippen LogP contribution is -2.29. The van der Waals surface area contributed by atoms with Crippen molar-refractivity contribution in [3.8, 4) is 22.3 Å². The molecule has 9 aromatic carbocycles. The first-order valence-electron chi connectivity index (χ1n) is 27.6. The van der Waals surface area contributed by atoms with Crippen molar-refractivity contribution in [3.05, 3.63) is 262 Å². The van der Waals surface area contributed by atoms with Gasteiger partial charge in [-0.25, -0.2) is 0 Å². The zero-order valence-electron chi connectivity index (χ0n) is 47.5. The van der Waals surface area contributed by atoms with Crippen molar-refractivity contribution in [2.45, 2.75) is 129 Å². The highest BCUT2D eigenvalue weighted by atomic mass is 15.2. The summed E-state index contributed by atoms with van der Waals surface area (Å²) in [6.07, 6.45) is 0. The van der Waals surface area contributed by atoms with Crippen LogP contribution in [0, 0.1) is 0 Å². The van der Waals surface area contributed by atoms with E-state index in [4.69, 9.17) is 0 Å². The number of nitrogens with zero attached hydrogens (tertiary/aromatic N) is 2. The van der Waals surface area contributed by atoms with Crippen molar-refractivity contribution >= 4 is 34.1 Å². The van der Waals surface area contributed by atoms with E-state index < -0.39 is 5.41 Å². The maximum absolute atomic E-state index is 2.61. The third kappa shape index (κ3) is 8.40. The summed E-state index contributed by atoms with van der Waals surface area (Å²) >= 11 is 0. The van der Waals surface area contributed by atoms with Gasteiger partial charge in [-0.2, -0.15) is 0 Å². The predicted molar refractivity (Wildman–Crippen MR) is 325 cm³/mol. The highest BCUT2D eigenvalue weighted by molar-refractivity contribution is 6.04. The Morgan fingerprint density at radius 3 is 1.07 bits per heavy atom. The van der Waals surface area contributed by atoms with E-state index in [2.05, 4.69) is 313 Å². The monoisotopic (exact) mass is 993 g/mol. The molecule has 0 saturated heterocycles. The molecule has 0 atom stereocenters. The second-order valence-electron chi connectivity index (χ2n) is 26.3. The number of hydrogen-bond acceptors (Lipinski definition) is 2. The Bertz CT molecular complexity index is 3430. The molecule has 0 aliphatic heterocycles. The number of benzene rings is 9. The van der Waals surface area contributed by atoms with Gasteiger partial charge in [0.25, 0.3) is 0 Å². The molecule has 76 heavy (non-hydrogen) atoms. The summed E-state index contributed by atoms with van der Waals surface area (Å²) < 4.78 is 0. The Morgan fingerprint density at radius 1 is 0.303 bits per heavy atom. The van der Waals surface area contributed by atoms with E-state index in [0.29, 0.717) is 0 Å². The fourth-order valence-electron chi connectivity index (χ4n) is 12.5. The van der Waals surface area contributed by atoms with Crippen molar-refractivity contribution in [1.29, 1.82) is 0 Å². The summed E-state index contributed by atoms with van der Waals surface area (Å²) in [6, 6.07) is 79.2. The van der Waals surface area contributed by atoms with Crippen LogP contribution in [0.3, 0.4) is 0 Å². The Labute approximate surface area is 455 Å². The molecule has 0 bridgehead atoms. The summed E-state index contributed by atoms with van der Waals surface area (Å²) in [5.41, 5.74) is 24.0. The third-order valence-electron chi connectivity index (χ3n) is 16.8. The van der Waals surface area contributed by atoms with Crippen LogP contribution in [0.1, 0.15) is 153 Å². The highest BCUT2D eigenvalue weighted by Crippen LogP contribution is 2.66. The first kappa shape index (κ1) is 50.7. The van der Waals surface area contributed by atoms with Crippen LogP contribution in [0.4, 0.5) is 34.1 Å². The molecule has 0 radical (unpaired) electrons. The molecule has 9 aromatic rings. The zero-order valence-corrected chi connectivity index (χ0v) is 47.5. The number of fused-ring (bicyclic) bond motifs is 7. The molecule has 11 rings (SSSR count). The van der Waals surface area contributed by atoms with Crippen molar-refractivity contribution < 1.29 is 0 Å². The van der Waals surface area contributed by atoms with Crippen molar-refractivity contribution in [1.82, 2.24) is 0 Å². The lowest BCUT2D eigenvalue weighted by Gasteiger charge is -2.37. The van der Waals surface area contributed by atoms with Gasteiger partial charge in [0.05, 0.1) is 11.1 Å². The molecule has 0 heterocycles. The molecule has 2 nitrogen and oxygen atoms in total. The topological polar surface area (TPSA) is 6.48 Å². The molecule has 0 aromatic heterocycles. The fourth-order valence-corrected chi connectivity index (χ4v) is 12.5. The molecule has 0 N–H and O–H groups in total. The molecule has 0 unspecified atom stereocenters. The zero-order chi connectivity index (χ0) is 53.7. The van der Waals surface area contributed by atoms with Gasteiger partial charge in [-0.05, 0) is 161 Å². The second kappa shape index (κ2) is 18.1. The smallest absolute Gasteiger partial charge is 0.0715 e. The van der Waals surface area contributed by atoms with Crippen LogP contribution in [-0.4, -0.2) is 0 Å². The van der Waals surface area contributed by atoms with Gasteiger partial charge >= 0.3 is 0 Å². The van der Waals surface area contributed by atoms with Crippen LogP contribution in [0.2, 0.25) is 0 Å². The van der Waals surface area contributed by atoms with E-state index in [0.717, 1.165) is 28.4 Å². The molecule has 2 aliphatic rings. The van der Waals surface area contributed by atoms with Crippen LogP contribution in [0.25, 0.3) is 22.3 Å². The Morgan fingerprint density at radius 2 is 0.658 bits per heavy atom. The Balaban J connectivity index is 1.26. The van der Waals surface area contributed by atoms with E-state index in [1.54, 1.807) is 0 Å². The van der Waals surface area contributed by atoms with Crippen LogP contribution in [-0.2, 0) is 32.5 Å². The summed E-state index contributed by atoms with van der Waals surface area (Å²) in [4.78, 5) is 5.04. The number of hydrogen-bond donors (Lipinski definition) is 0. The van der Waals surface area contributed by atoms with Gasteiger partial charge in [-0.1, -0.05) is 236 Å². The lowest BCUT2D eigenvalue weighted by molar-refractivity contribution is 0.590. The van der Waals surface area contributed by atoms with E-state index in [9.17, 15) is 0 Å². The maximum Gasteiger partial charge on any atom is 0.0715 e. The molecular formula is C74H76N2. The lowest BCUT2D eigenvalue weighted by atomic mass is 9.67. The minimum Gasteiger partial charge on any atom is -0.310 e. The Kier molecular flexibility index (Phi) is 12.1. The fraction of sp³-hybridized carbons (Fsp3) is 0.270. The highest BCUT2D eigenvalue weighted by Gasteiger charge is 2.52. The van der Waals surface area contributed by atoms with Crippen molar-refractivity contribution in [2.24, 2.45) is 0 Å². The van der Waals surface area contributed by atoms with E-state index in [1.165, 1.54) is 83.6 Å². The van der Waals surface area contributed by atoms with Crippen LogP contribution >= 0.6 is 0 Å². The molecule has 2 heteroatoms. The molecule has 0 spiro atoms. The predicted octanol–water partition coefficient (Wildman–Crippen LogP) is 20.5. The number of rotatable bonds is 8. The van der Waals surface area contributed by atoms with Gasteiger partial charge in [0.1, 0.15) is 0 Å². The molecule has 382 valence electrons. The number of anilines is 6. The average Bonchev–Trinajstić information content (AvgIpc) is 4.05. The minimum atomic E-state index is -0.715. The van der Waals surface area contributed by atoms with Crippen molar-refractivity contribution in [3.63, 3.8) is 0 Å². The first-order valence-corrected chi connectivity index (χ1v) is 27.6. The minimum absolute atomic E-state index is 0.00638. The Hall–Kier alpha value is -7.42. The molecule has 2 aliphatic carbocycles. The summed E-state index contributed by atoms with van der Waals surface area (Å²) in [6.45, 7) is 32.5. The van der Waals surface area contributed by atoms with Gasteiger partial charge in [-0.15, -0.1) is 0 Å². The molecule has 0 amide bonds. The van der Waals surface area contributed by atoms with Gasteiger partial charge in [0.15, 0.2) is 0 Å². The summed E-state index contributed by atoms with van der Waals surface area (Å²) in [5, 5.41) is 0. The third-order valence-corrected chi connectivity index (χ3v) is 16.8. The van der Waals surface area contributed by atoms with Crippen LogP contribution < -0.4 is 9.80 Å². The maximum atomic E-state index is 2.61. The van der Waals surface area contributed by atoms with Crippen LogP contribution in [0.5, 0.6) is 0 Å². The van der Waals surface area contributed by atoms with Gasteiger partial charge in [0.2, 0.25) is 0 Å². The largest absolute Gasteiger partial charge is 0.310 e.